The van der Waals surface area contributed by atoms with Gasteiger partial charge in [-0.25, -0.2) is 0 Å². The Morgan fingerprint density at radius 1 is 0.812 bits per heavy atom. The molecular formula is C31H46O. The van der Waals surface area contributed by atoms with E-state index in [0.29, 0.717) is 12.0 Å². The van der Waals surface area contributed by atoms with Crippen LogP contribution in [0, 0.1) is 11.8 Å². The fourth-order valence-corrected chi connectivity index (χ4v) is 6.18. The molecular weight excluding hydrogens is 388 g/mol. The van der Waals surface area contributed by atoms with Crippen molar-refractivity contribution in [3.05, 3.63) is 42.0 Å². The summed E-state index contributed by atoms with van der Waals surface area (Å²) < 4.78 is 6.71. The molecule has 4 rings (SSSR count). The molecule has 1 nitrogen and oxygen atoms in total. The van der Waals surface area contributed by atoms with Gasteiger partial charge in [0, 0.05) is 0 Å². The average molecular weight is 435 g/mol. The molecule has 2 atom stereocenters. The van der Waals surface area contributed by atoms with E-state index in [1.165, 1.54) is 113 Å². The van der Waals surface area contributed by atoms with Gasteiger partial charge in [-0.3, -0.25) is 0 Å². The largest absolute Gasteiger partial charge is 0.490 e. The zero-order valence-electron chi connectivity index (χ0n) is 20.8. The van der Waals surface area contributed by atoms with Crippen LogP contribution in [0.4, 0.5) is 0 Å². The number of ether oxygens (including phenoxy) is 1. The Hall–Kier alpha value is -1.50. The van der Waals surface area contributed by atoms with Crippen molar-refractivity contribution < 1.29 is 4.74 Å². The number of benzene rings is 2. The van der Waals surface area contributed by atoms with Gasteiger partial charge in [-0.05, 0) is 71.9 Å². The van der Waals surface area contributed by atoms with Crippen molar-refractivity contribution in [1.29, 1.82) is 0 Å². The van der Waals surface area contributed by atoms with Crippen molar-refractivity contribution in [3.63, 3.8) is 0 Å². The summed E-state index contributed by atoms with van der Waals surface area (Å²) >= 11 is 0. The summed E-state index contributed by atoms with van der Waals surface area (Å²) in [4.78, 5) is 0. The van der Waals surface area contributed by atoms with Gasteiger partial charge in [0.25, 0.3) is 0 Å². The highest BCUT2D eigenvalue weighted by molar-refractivity contribution is 5.84. The van der Waals surface area contributed by atoms with Gasteiger partial charge in [-0.2, -0.15) is 0 Å². The van der Waals surface area contributed by atoms with E-state index in [1.807, 2.05) is 0 Å². The Balaban J connectivity index is 1.40. The minimum atomic E-state index is 0.388. The average Bonchev–Trinajstić information content (AvgIpc) is 2.84. The van der Waals surface area contributed by atoms with Gasteiger partial charge in [-0.15, -0.1) is 0 Å². The van der Waals surface area contributed by atoms with Crippen LogP contribution >= 0.6 is 0 Å². The monoisotopic (exact) mass is 434 g/mol. The Morgan fingerprint density at radius 3 is 2.19 bits per heavy atom. The van der Waals surface area contributed by atoms with E-state index in [9.17, 15) is 0 Å². The molecule has 176 valence electrons. The van der Waals surface area contributed by atoms with Crippen LogP contribution in [0.15, 0.2) is 36.4 Å². The van der Waals surface area contributed by atoms with E-state index in [-0.39, 0.29) is 0 Å². The third kappa shape index (κ3) is 6.75. The molecule has 0 aromatic heterocycles. The molecule has 0 aliphatic heterocycles. The Morgan fingerprint density at radius 2 is 1.47 bits per heavy atom. The first-order valence-electron chi connectivity index (χ1n) is 13.9. The second-order valence-electron chi connectivity index (χ2n) is 11.0. The van der Waals surface area contributed by atoms with Gasteiger partial charge in [0.1, 0.15) is 5.75 Å². The summed E-state index contributed by atoms with van der Waals surface area (Å²) in [7, 11) is 0. The summed E-state index contributed by atoms with van der Waals surface area (Å²) in [6.45, 7) is 4.59. The van der Waals surface area contributed by atoms with Crippen LogP contribution in [-0.4, -0.2) is 6.10 Å². The van der Waals surface area contributed by atoms with Crippen LogP contribution < -0.4 is 4.74 Å². The third-order valence-corrected chi connectivity index (χ3v) is 8.50. The van der Waals surface area contributed by atoms with Gasteiger partial charge < -0.3 is 4.74 Å². The molecule has 0 amide bonds. The Kier molecular flexibility index (Phi) is 8.94. The Bertz CT molecular complexity index is 812. The number of fused-ring (bicyclic) bond motifs is 1. The van der Waals surface area contributed by atoms with Crippen LogP contribution in [0.25, 0.3) is 10.8 Å². The predicted molar refractivity (Wildman–Crippen MR) is 139 cm³/mol. The van der Waals surface area contributed by atoms with Crippen molar-refractivity contribution in [3.8, 4) is 5.75 Å². The smallest absolute Gasteiger partial charge is 0.120 e. The lowest BCUT2D eigenvalue weighted by Crippen LogP contribution is -2.22. The molecule has 2 aliphatic rings. The number of hydrogen-bond donors (Lipinski definition) is 0. The highest BCUT2D eigenvalue weighted by Gasteiger charge is 2.21. The fourth-order valence-electron chi connectivity index (χ4n) is 6.18. The maximum atomic E-state index is 6.71. The zero-order chi connectivity index (χ0) is 22.2. The van der Waals surface area contributed by atoms with Crippen molar-refractivity contribution in [2.75, 3.05) is 0 Å². The van der Waals surface area contributed by atoms with E-state index in [2.05, 4.69) is 50.2 Å². The molecule has 0 radical (unpaired) electrons. The van der Waals surface area contributed by atoms with Gasteiger partial charge in [0.05, 0.1) is 6.10 Å². The van der Waals surface area contributed by atoms with Gasteiger partial charge in [0.15, 0.2) is 0 Å². The lowest BCUT2D eigenvalue weighted by atomic mass is 9.83. The minimum absolute atomic E-state index is 0.388. The molecule has 0 spiro atoms. The second-order valence-corrected chi connectivity index (χ2v) is 11.0. The fraction of sp³-hybridized carbons (Fsp3) is 0.677. The van der Waals surface area contributed by atoms with Gasteiger partial charge in [0.2, 0.25) is 0 Å². The predicted octanol–water partition coefficient (Wildman–Crippen LogP) is 9.82. The normalized spacial score (nSPS) is 20.3. The standard InChI is InChI=1S/C31H46O/c1-3-24(2)27-17-18-29-23-31(20-19-28(29)22-27)32-30(21-26-13-8-5-9-14-26)16-10-15-25-11-6-4-7-12-25/h17-20,22-26,30H,3-16,21H2,1-2H3. The van der Waals surface area contributed by atoms with E-state index in [0.717, 1.165) is 17.6 Å². The van der Waals surface area contributed by atoms with E-state index in [1.54, 1.807) is 0 Å². The van der Waals surface area contributed by atoms with Crippen LogP contribution in [0.1, 0.15) is 122 Å². The SMILES string of the molecule is CCC(C)c1ccc2cc(OC(CCCC3CCCCC3)CC3CCCCC3)ccc2c1. The quantitative estimate of drug-likeness (QED) is 0.361. The van der Waals surface area contributed by atoms with Crippen LogP contribution in [0.3, 0.4) is 0 Å². The van der Waals surface area contributed by atoms with Crippen LogP contribution in [-0.2, 0) is 0 Å². The van der Waals surface area contributed by atoms with Gasteiger partial charge in [-0.1, -0.05) is 109 Å². The molecule has 0 saturated heterocycles. The first kappa shape index (κ1) is 23.7. The first-order valence-corrected chi connectivity index (χ1v) is 13.9. The molecule has 2 aromatic rings. The molecule has 0 N–H and O–H groups in total. The van der Waals surface area contributed by atoms with Crippen molar-refractivity contribution >= 4 is 10.8 Å². The summed E-state index contributed by atoms with van der Waals surface area (Å²) in [5, 5.41) is 2.66. The Labute approximate surface area is 197 Å². The van der Waals surface area contributed by atoms with Crippen LogP contribution in [0.2, 0.25) is 0 Å². The summed E-state index contributed by atoms with van der Waals surface area (Å²) in [5.74, 6) is 3.56. The minimum Gasteiger partial charge on any atom is -0.490 e. The molecule has 2 fully saturated rings. The maximum Gasteiger partial charge on any atom is 0.120 e. The lowest BCUT2D eigenvalue weighted by Gasteiger charge is -2.28. The second kappa shape index (κ2) is 12.1. The molecule has 2 aromatic carbocycles. The summed E-state index contributed by atoms with van der Waals surface area (Å²) in [6.07, 6.45) is 21.3. The summed E-state index contributed by atoms with van der Waals surface area (Å²) in [5.41, 5.74) is 1.45. The summed E-state index contributed by atoms with van der Waals surface area (Å²) in [6, 6.07) is 13.8. The van der Waals surface area contributed by atoms with E-state index < -0.39 is 0 Å². The van der Waals surface area contributed by atoms with E-state index in [4.69, 9.17) is 4.74 Å². The molecule has 0 heterocycles. The zero-order valence-corrected chi connectivity index (χ0v) is 20.8. The maximum absolute atomic E-state index is 6.71. The first-order chi connectivity index (χ1) is 15.7. The van der Waals surface area contributed by atoms with Crippen molar-refractivity contribution in [2.45, 2.75) is 122 Å². The molecule has 2 saturated carbocycles. The lowest BCUT2D eigenvalue weighted by molar-refractivity contribution is 0.138. The topological polar surface area (TPSA) is 9.23 Å². The molecule has 0 bridgehead atoms. The highest BCUT2D eigenvalue weighted by atomic mass is 16.5. The molecule has 32 heavy (non-hydrogen) atoms. The van der Waals surface area contributed by atoms with Crippen molar-refractivity contribution in [2.24, 2.45) is 11.8 Å². The van der Waals surface area contributed by atoms with Crippen LogP contribution in [0.5, 0.6) is 5.75 Å². The number of hydrogen-bond acceptors (Lipinski definition) is 1. The van der Waals surface area contributed by atoms with Gasteiger partial charge >= 0.3 is 0 Å². The third-order valence-electron chi connectivity index (χ3n) is 8.50. The molecule has 2 unspecified atom stereocenters. The van der Waals surface area contributed by atoms with E-state index >= 15 is 0 Å². The molecule has 1 heteroatoms. The van der Waals surface area contributed by atoms with Crippen molar-refractivity contribution in [1.82, 2.24) is 0 Å². The molecule has 2 aliphatic carbocycles. The number of rotatable bonds is 10. The highest BCUT2D eigenvalue weighted by Crippen LogP contribution is 2.33.